The Bertz CT molecular complexity index is 558. The zero-order valence-corrected chi connectivity index (χ0v) is 13.4. The summed E-state index contributed by atoms with van der Waals surface area (Å²) in [4.78, 5) is 18.6. The molecule has 2 heterocycles. The lowest BCUT2D eigenvalue weighted by Crippen LogP contribution is -2.45. The number of anilines is 1. The highest BCUT2D eigenvalue weighted by Gasteiger charge is 2.26. The minimum Gasteiger partial charge on any atom is -0.369 e. The van der Waals surface area contributed by atoms with E-state index in [9.17, 15) is 4.79 Å². The summed E-state index contributed by atoms with van der Waals surface area (Å²) in [6.07, 6.45) is 2.04. The van der Waals surface area contributed by atoms with Crippen molar-refractivity contribution < 1.29 is 9.53 Å². The fourth-order valence-electron chi connectivity index (χ4n) is 2.07. The SMILES string of the molecule is CCCNc1ncc(Br)cc1C(=O)N1CCOC(C#N)C1. The Hall–Kier alpha value is -1.65. The number of nitriles is 1. The molecule has 0 bridgehead atoms. The Morgan fingerprint density at radius 1 is 1.71 bits per heavy atom. The maximum absolute atomic E-state index is 12.7. The lowest BCUT2D eigenvalue weighted by molar-refractivity contribution is 0.00349. The monoisotopic (exact) mass is 352 g/mol. The molecule has 0 aromatic carbocycles. The summed E-state index contributed by atoms with van der Waals surface area (Å²) in [5.41, 5.74) is 0.511. The topological polar surface area (TPSA) is 78.2 Å². The predicted octanol–water partition coefficient (Wildman–Crippen LogP) is 2.03. The van der Waals surface area contributed by atoms with Crippen molar-refractivity contribution in [2.24, 2.45) is 0 Å². The van der Waals surface area contributed by atoms with Crippen molar-refractivity contribution in [2.75, 3.05) is 31.6 Å². The summed E-state index contributed by atoms with van der Waals surface area (Å²) in [6, 6.07) is 3.80. The highest BCUT2D eigenvalue weighted by Crippen LogP contribution is 2.21. The highest BCUT2D eigenvalue weighted by molar-refractivity contribution is 9.10. The van der Waals surface area contributed by atoms with Crippen LogP contribution in [0.5, 0.6) is 0 Å². The number of carbonyl (C=O) groups excluding carboxylic acids is 1. The van der Waals surface area contributed by atoms with E-state index in [1.807, 2.05) is 13.0 Å². The predicted molar refractivity (Wildman–Crippen MR) is 82.0 cm³/mol. The van der Waals surface area contributed by atoms with Crippen LogP contribution in [0.4, 0.5) is 5.82 Å². The molecule has 6 nitrogen and oxygen atoms in total. The number of hydrogen-bond acceptors (Lipinski definition) is 5. The van der Waals surface area contributed by atoms with Crippen molar-refractivity contribution in [3.8, 4) is 6.07 Å². The molecule has 1 aromatic heterocycles. The summed E-state index contributed by atoms with van der Waals surface area (Å²) in [5, 5.41) is 12.1. The second-order valence-electron chi connectivity index (χ2n) is 4.72. The molecule has 112 valence electrons. The number of nitrogens with one attached hydrogen (secondary N) is 1. The van der Waals surface area contributed by atoms with E-state index in [1.54, 1.807) is 17.2 Å². The quantitative estimate of drug-likeness (QED) is 0.896. The maximum Gasteiger partial charge on any atom is 0.257 e. The number of carbonyl (C=O) groups is 1. The second kappa shape index (κ2) is 7.38. The molecule has 0 saturated carbocycles. The largest absolute Gasteiger partial charge is 0.369 e. The number of halogens is 1. The van der Waals surface area contributed by atoms with Crippen molar-refractivity contribution in [2.45, 2.75) is 19.4 Å². The van der Waals surface area contributed by atoms with Gasteiger partial charge in [-0.2, -0.15) is 5.26 Å². The smallest absolute Gasteiger partial charge is 0.257 e. The number of rotatable bonds is 4. The van der Waals surface area contributed by atoms with Crippen LogP contribution in [0.15, 0.2) is 16.7 Å². The van der Waals surface area contributed by atoms with E-state index in [0.717, 1.165) is 17.4 Å². The van der Waals surface area contributed by atoms with Gasteiger partial charge in [-0.05, 0) is 28.4 Å². The summed E-state index contributed by atoms with van der Waals surface area (Å²) >= 11 is 3.34. The van der Waals surface area contributed by atoms with Gasteiger partial charge in [0.25, 0.3) is 5.91 Å². The van der Waals surface area contributed by atoms with Gasteiger partial charge in [-0.1, -0.05) is 6.92 Å². The molecule has 1 atom stereocenters. The molecule has 1 amide bonds. The molecule has 1 aromatic rings. The molecule has 1 unspecified atom stereocenters. The van der Waals surface area contributed by atoms with Crippen molar-refractivity contribution in [1.29, 1.82) is 5.26 Å². The average molecular weight is 353 g/mol. The first-order valence-electron chi connectivity index (χ1n) is 6.85. The minimum absolute atomic E-state index is 0.133. The molecule has 1 aliphatic heterocycles. The minimum atomic E-state index is -0.560. The summed E-state index contributed by atoms with van der Waals surface area (Å²) < 4.78 is 6.01. The van der Waals surface area contributed by atoms with E-state index in [-0.39, 0.29) is 12.5 Å². The standard InChI is InChI=1S/C14H17BrN4O2/c1-2-3-17-13-12(6-10(15)8-18-13)14(20)19-4-5-21-11(7-16)9-19/h6,8,11H,2-5,9H2,1H3,(H,17,18). The zero-order valence-electron chi connectivity index (χ0n) is 11.8. The van der Waals surface area contributed by atoms with Crippen molar-refractivity contribution in [1.82, 2.24) is 9.88 Å². The van der Waals surface area contributed by atoms with E-state index in [1.165, 1.54) is 0 Å². The molecule has 1 N–H and O–H groups in total. The molecule has 7 heteroatoms. The molecular formula is C14H17BrN4O2. The van der Waals surface area contributed by atoms with Crippen LogP contribution in [-0.4, -0.2) is 48.1 Å². The van der Waals surface area contributed by atoms with Crippen LogP contribution in [0, 0.1) is 11.3 Å². The third-order valence-corrected chi connectivity index (χ3v) is 3.56. The van der Waals surface area contributed by atoms with Gasteiger partial charge in [-0.25, -0.2) is 4.98 Å². The van der Waals surface area contributed by atoms with Gasteiger partial charge in [0, 0.05) is 23.8 Å². The first-order valence-corrected chi connectivity index (χ1v) is 7.65. The molecule has 1 fully saturated rings. The molecule has 0 spiro atoms. The van der Waals surface area contributed by atoms with Gasteiger partial charge in [-0.15, -0.1) is 0 Å². The van der Waals surface area contributed by atoms with Crippen molar-refractivity contribution in [3.05, 3.63) is 22.3 Å². The van der Waals surface area contributed by atoms with Gasteiger partial charge in [0.2, 0.25) is 0 Å². The highest BCUT2D eigenvalue weighted by atomic mass is 79.9. The van der Waals surface area contributed by atoms with E-state index >= 15 is 0 Å². The van der Waals surface area contributed by atoms with Gasteiger partial charge < -0.3 is 15.0 Å². The third-order valence-electron chi connectivity index (χ3n) is 3.12. The van der Waals surface area contributed by atoms with Crippen LogP contribution in [-0.2, 0) is 4.74 Å². The van der Waals surface area contributed by atoms with Crippen molar-refractivity contribution >= 4 is 27.7 Å². The lowest BCUT2D eigenvalue weighted by Gasteiger charge is -2.30. The molecule has 2 rings (SSSR count). The number of pyridine rings is 1. The summed E-state index contributed by atoms with van der Waals surface area (Å²) in [7, 11) is 0. The van der Waals surface area contributed by atoms with Crippen LogP contribution in [0.1, 0.15) is 23.7 Å². The zero-order chi connectivity index (χ0) is 15.2. The van der Waals surface area contributed by atoms with Crippen LogP contribution in [0.2, 0.25) is 0 Å². The summed E-state index contributed by atoms with van der Waals surface area (Å²) in [6.45, 7) is 3.95. The Labute approximate surface area is 132 Å². The molecule has 1 saturated heterocycles. The van der Waals surface area contributed by atoms with Gasteiger partial charge in [0.15, 0.2) is 6.10 Å². The Morgan fingerprint density at radius 2 is 2.52 bits per heavy atom. The fourth-order valence-corrected chi connectivity index (χ4v) is 2.40. The van der Waals surface area contributed by atoms with E-state index in [4.69, 9.17) is 10.00 Å². The Kier molecular flexibility index (Phi) is 5.53. The number of morpholine rings is 1. The van der Waals surface area contributed by atoms with E-state index in [0.29, 0.717) is 24.5 Å². The number of hydrogen-bond donors (Lipinski definition) is 1. The molecule has 21 heavy (non-hydrogen) atoms. The van der Waals surface area contributed by atoms with Crippen LogP contribution in [0.25, 0.3) is 0 Å². The number of ether oxygens (including phenoxy) is 1. The normalized spacial score (nSPS) is 18.1. The van der Waals surface area contributed by atoms with Crippen LogP contribution < -0.4 is 5.32 Å². The van der Waals surface area contributed by atoms with Gasteiger partial charge in [-0.3, -0.25) is 4.79 Å². The average Bonchev–Trinajstić information content (AvgIpc) is 2.53. The first kappa shape index (κ1) is 15.7. The fraction of sp³-hybridized carbons (Fsp3) is 0.500. The second-order valence-corrected chi connectivity index (χ2v) is 5.63. The lowest BCUT2D eigenvalue weighted by atomic mass is 10.2. The van der Waals surface area contributed by atoms with Crippen LogP contribution in [0.3, 0.4) is 0 Å². The summed E-state index contributed by atoms with van der Waals surface area (Å²) in [5.74, 6) is 0.441. The molecule has 1 aliphatic rings. The van der Waals surface area contributed by atoms with E-state index in [2.05, 4.69) is 26.2 Å². The van der Waals surface area contributed by atoms with E-state index < -0.39 is 6.10 Å². The van der Waals surface area contributed by atoms with Crippen LogP contribution >= 0.6 is 15.9 Å². The number of amides is 1. The Morgan fingerprint density at radius 3 is 3.24 bits per heavy atom. The molecular weight excluding hydrogens is 336 g/mol. The van der Waals surface area contributed by atoms with Crippen molar-refractivity contribution in [3.63, 3.8) is 0 Å². The maximum atomic E-state index is 12.7. The Balaban J connectivity index is 2.21. The molecule has 0 aliphatic carbocycles. The number of nitrogens with zero attached hydrogens (tertiary/aromatic N) is 3. The van der Waals surface area contributed by atoms with Gasteiger partial charge in [0.05, 0.1) is 24.8 Å². The number of aromatic nitrogens is 1. The van der Waals surface area contributed by atoms with Gasteiger partial charge >= 0.3 is 0 Å². The first-order chi connectivity index (χ1) is 10.2. The third kappa shape index (κ3) is 3.93. The molecule has 0 radical (unpaired) electrons. The van der Waals surface area contributed by atoms with Gasteiger partial charge in [0.1, 0.15) is 5.82 Å².